The number of carbonyl (C=O) groups excluding carboxylic acids is 1. The summed E-state index contributed by atoms with van der Waals surface area (Å²) in [4.78, 5) is 35.8. The zero-order valence-corrected chi connectivity index (χ0v) is 11.1. The van der Waals surface area contributed by atoms with Gasteiger partial charge in [-0.15, -0.1) is 0 Å². The van der Waals surface area contributed by atoms with E-state index in [9.17, 15) is 25.0 Å². The molecule has 0 aliphatic carbocycles. The summed E-state index contributed by atoms with van der Waals surface area (Å²) in [5.74, 6) is -0.643. The Morgan fingerprint density at radius 2 is 1.77 bits per heavy atom. The first-order valence-electron chi connectivity index (χ1n) is 6.08. The van der Waals surface area contributed by atoms with Crippen LogP contribution in [0.15, 0.2) is 42.7 Å². The Labute approximate surface area is 123 Å². The fourth-order valence-corrected chi connectivity index (χ4v) is 1.72. The summed E-state index contributed by atoms with van der Waals surface area (Å²) in [6, 6.07) is 6.22. The average molecular weight is 302 g/mol. The first-order valence-corrected chi connectivity index (χ1v) is 6.08. The largest absolute Gasteiger partial charge is 0.348 e. The third-order valence-electron chi connectivity index (χ3n) is 2.76. The Morgan fingerprint density at radius 1 is 1.14 bits per heavy atom. The predicted octanol–water partition coefficient (Wildman–Crippen LogP) is 1.83. The van der Waals surface area contributed by atoms with Crippen LogP contribution in [0.5, 0.6) is 0 Å². The normalized spacial score (nSPS) is 10.0. The molecule has 0 aliphatic rings. The number of nitro benzene ring substituents is 2. The van der Waals surface area contributed by atoms with Crippen molar-refractivity contribution in [2.45, 2.75) is 6.54 Å². The maximum atomic E-state index is 12.0. The Hall–Kier alpha value is -3.36. The van der Waals surface area contributed by atoms with Crippen molar-refractivity contribution in [3.63, 3.8) is 0 Å². The molecule has 1 heterocycles. The summed E-state index contributed by atoms with van der Waals surface area (Å²) in [5.41, 5.74) is -0.443. The monoisotopic (exact) mass is 302 g/mol. The first-order chi connectivity index (χ1) is 10.5. The standard InChI is InChI=1S/C13H10N4O5/c18-13(15-8-9-2-1-3-14-7-9)10-4-11(16(19)20)6-12(5-10)17(21)22/h1-7H,8H2,(H,15,18). The smallest absolute Gasteiger partial charge is 0.277 e. The third kappa shape index (κ3) is 3.60. The Balaban J connectivity index is 2.21. The molecule has 0 saturated carbocycles. The van der Waals surface area contributed by atoms with E-state index >= 15 is 0 Å². The highest BCUT2D eigenvalue weighted by Gasteiger charge is 2.19. The molecule has 0 fully saturated rings. The van der Waals surface area contributed by atoms with Gasteiger partial charge in [-0.2, -0.15) is 0 Å². The van der Waals surface area contributed by atoms with Gasteiger partial charge in [-0.1, -0.05) is 6.07 Å². The first kappa shape index (κ1) is 15.0. The Morgan fingerprint density at radius 3 is 2.27 bits per heavy atom. The molecule has 0 spiro atoms. The zero-order valence-electron chi connectivity index (χ0n) is 11.1. The van der Waals surface area contributed by atoms with Crippen LogP contribution in [-0.4, -0.2) is 20.7 Å². The van der Waals surface area contributed by atoms with E-state index in [0.717, 1.165) is 23.8 Å². The number of amides is 1. The van der Waals surface area contributed by atoms with E-state index in [1.807, 2.05) is 0 Å². The fourth-order valence-electron chi connectivity index (χ4n) is 1.72. The van der Waals surface area contributed by atoms with Crippen LogP contribution in [0.2, 0.25) is 0 Å². The summed E-state index contributed by atoms with van der Waals surface area (Å²) in [6.45, 7) is 0.156. The van der Waals surface area contributed by atoms with Crippen molar-refractivity contribution in [3.8, 4) is 0 Å². The number of aromatic nitrogens is 1. The van der Waals surface area contributed by atoms with Crippen LogP contribution in [-0.2, 0) is 6.54 Å². The summed E-state index contributed by atoms with van der Waals surface area (Å²) in [6.07, 6.45) is 3.13. The zero-order chi connectivity index (χ0) is 16.1. The van der Waals surface area contributed by atoms with Gasteiger partial charge in [0.05, 0.1) is 21.5 Å². The molecule has 2 aromatic rings. The van der Waals surface area contributed by atoms with Gasteiger partial charge in [-0.25, -0.2) is 0 Å². The van der Waals surface area contributed by atoms with Gasteiger partial charge in [-0.3, -0.25) is 30.0 Å². The number of carbonyl (C=O) groups is 1. The second kappa shape index (κ2) is 6.39. The molecule has 0 atom stereocenters. The van der Waals surface area contributed by atoms with E-state index in [0.29, 0.717) is 0 Å². The van der Waals surface area contributed by atoms with E-state index in [1.165, 1.54) is 0 Å². The number of non-ortho nitro benzene ring substituents is 2. The van der Waals surface area contributed by atoms with Crippen LogP contribution in [0, 0.1) is 20.2 Å². The topological polar surface area (TPSA) is 128 Å². The van der Waals surface area contributed by atoms with E-state index in [2.05, 4.69) is 10.3 Å². The molecule has 9 heteroatoms. The number of nitrogens with zero attached hydrogens (tertiary/aromatic N) is 3. The predicted molar refractivity (Wildman–Crippen MR) is 75.2 cm³/mol. The van der Waals surface area contributed by atoms with E-state index in [4.69, 9.17) is 0 Å². The number of hydrogen-bond acceptors (Lipinski definition) is 6. The molecule has 1 aromatic heterocycles. The molecule has 1 aromatic carbocycles. The molecule has 1 N–H and O–H groups in total. The van der Waals surface area contributed by atoms with Crippen LogP contribution < -0.4 is 5.32 Å². The van der Waals surface area contributed by atoms with Crippen LogP contribution >= 0.6 is 0 Å². The number of hydrogen-bond donors (Lipinski definition) is 1. The number of pyridine rings is 1. The van der Waals surface area contributed by atoms with Gasteiger partial charge in [0, 0.05) is 31.1 Å². The maximum absolute atomic E-state index is 12.0. The number of nitro groups is 2. The van der Waals surface area contributed by atoms with Crippen molar-refractivity contribution >= 4 is 17.3 Å². The molecule has 0 aliphatic heterocycles. The molecule has 9 nitrogen and oxygen atoms in total. The molecule has 0 saturated heterocycles. The maximum Gasteiger partial charge on any atom is 0.277 e. The van der Waals surface area contributed by atoms with Crippen molar-refractivity contribution in [2.75, 3.05) is 0 Å². The van der Waals surface area contributed by atoms with Crippen LogP contribution in [0.3, 0.4) is 0 Å². The number of rotatable bonds is 5. The van der Waals surface area contributed by atoms with Gasteiger partial charge in [0.15, 0.2) is 0 Å². The van der Waals surface area contributed by atoms with Crippen LogP contribution in [0.1, 0.15) is 15.9 Å². The Kier molecular flexibility index (Phi) is 4.37. The lowest BCUT2D eigenvalue weighted by molar-refractivity contribution is -0.394. The minimum Gasteiger partial charge on any atom is -0.348 e. The van der Waals surface area contributed by atoms with Gasteiger partial charge in [-0.05, 0) is 11.6 Å². The summed E-state index contributed by atoms with van der Waals surface area (Å²) in [5, 5.41) is 24.1. The molecular weight excluding hydrogens is 292 g/mol. The van der Waals surface area contributed by atoms with Crippen molar-refractivity contribution in [3.05, 3.63) is 74.1 Å². The lowest BCUT2D eigenvalue weighted by atomic mass is 10.1. The van der Waals surface area contributed by atoms with Crippen molar-refractivity contribution in [1.82, 2.24) is 10.3 Å². The summed E-state index contributed by atoms with van der Waals surface area (Å²) < 4.78 is 0. The molecule has 2 rings (SSSR count). The van der Waals surface area contributed by atoms with E-state index in [-0.39, 0.29) is 12.1 Å². The van der Waals surface area contributed by atoms with Gasteiger partial charge in [0.2, 0.25) is 0 Å². The van der Waals surface area contributed by atoms with Crippen molar-refractivity contribution in [1.29, 1.82) is 0 Å². The van der Waals surface area contributed by atoms with Crippen LogP contribution in [0.25, 0.3) is 0 Å². The van der Waals surface area contributed by atoms with Crippen molar-refractivity contribution < 1.29 is 14.6 Å². The fraction of sp³-hybridized carbons (Fsp3) is 0.0769. The highest BCUT2D eigenvalue weighted by atomic mass is 16.6. The minimum absolute atomic E-state index is 0.148. The molecular formula is C13H10N4O5. The molecule has 0 bridgehead atoms. The molecule has 22 heavy (non-hydrogen) atoms. The minimum atomic E-state index is -0.787. The highest BCUT2D eigenvalue weighted by Crippen LogP contribution is 2.22. The van der Waals surface area contributed by atoms with Gasteiger partial charge >= 0.3 is 0 Å². The molecule has 0 radical (unpaired) electrons. The molecule has 1 amide bonds. The van der Waals surface area contributed by atoms with E-state index in [1.54, 1.807) is 24.5 Å². The van der Waals surface area contributed by atoms with Crippen LogP contribution in [0.4, 0.5) is 11.4 Å². The van der Waals surface area contributed by atoms with Gasteiger partial charge in [0.25, 0.3) is 17.3 Å². The quantitative estimate of drug-likeness (QED) is 0.662. The number of benzene rings is 1. The van der Waals surface area contributed by atoms with Gasteiger partial charge < -0.3 is 5.32 Å². The summed E-state index contributed by atoms with van der Waals surface area (Å²) in [7, 11) is 0. The highest BCUT2D eigenvalue weighted by molar-refractivity contribution is 5.95. The second-order valence-corrected chi connectivity index (χ2v) is 4.30. The lowest BCUT2D eigenvalue weighted by Crippen LogP contribution is -2.23. The lowest BCUT2D eigenvalue weighted by Gasteiger charge is -2.05. The molecule has 112 valence electrons. The molecule has 0 unspecified atom stereocenters. The SMILES string of the molecule is O=C(NCc1cccnc1)c1cc([N+](=O)[O-])cc([N+](=O)[O-])c1. The number of nitrogens with one attached hydrogen (secondary N) is 1. The van der Waals surface area contributed by atoms with E-state index < -0.39 is 27.1 Å². The Bertz CT molecular complexity index is 700. The second-order valence-electron chi connectivity index (χ2n) is 4.30. The summed E-state index contributed by atoms with van der Waals surface area (Å²) >= 11 is 0. The van der Waals surface area contributed by atoms with Gasteiger partial charge in [0.1, 0.15) is 0 Å². The average Bonchev–Trinajstić information content (AvgIpc) is 2.53. The third-order valence-corrected chi connectivity index (χ3v) is 2.76. The van der Waals surface area contributed by atoms with Crippen molar-refractivity contribution in [2.24, 2.45) is 0 Å².